The Bertz CT molecular complexity index is 608. The minimum atomic E-state index is -0.0626. The quantitative estimate of drug-likeness (QED) is 0.942. The van der Waals surface area contributed by atoms with Crippen LogP contribution >= 0.6 is 0 Å². The number of rotatable bonds is 3. The molecule has 2 aromatic heterocycles. The highest BCUT2D eigenvalue weighted by Gasteiger charge is 2.24. The van der Waals surface area contributed by atoms with Crippen LogP contribution in [-0.2, 0) is 0 Å². The smallest absolute Gasteiger partial charge is 0.255 e. The van der Waals surface area contributed by atoms with Crippen molar-refractivity contribution in [2.75, 3.05) is 0 Å². The maximum atomic E-state index is 12.6. The van der Waals surface area contributed by atoms with Gasteiger partial charge in [-0.25, -0.2) is 9.67 Å². The highest BCUT2D eigenvalue weighted by atomic mass is 16.1. The zero-order valence-corrected chi connectivity index (χ0v) is 12.2. The normalized spacial score (nSPS) is 22.0. The van der Waals surface area contributed by atoms with Crippen molar-refractivity contribution < 1.29 is 4.79 Å². The number of pyridine rings is 1. The number of nitrogens with zero attached hydrogens (tertiary/aromatic N) is 3. The van der Waals surface area contributed by atoms with Crippen molar-refractivity contribution in [3.05, 3.63) is 42.4 Å². The molecule has 110 valence electrons. The first kappa shape index (κ1) is 13.8. The van der Waals surface area contributed by atoms with Crippen LogP contribution in [-0.4, -0.2) is 26.7 Å². The Balaban J connectivity index is 1.82. The molecule has 2 aromatic rings. The predicted molar refractivity (Wildman–Crippen MR) is 80.2 cm³/mol. The van der Waals surface area contributed by atoms with Gasteiger partial charge >= 0.3 is 0 Å². The van der Waals surface area contributed by atoms with Crippen LogP contribution < -0.4 is 5.32 Å². The molecule has 2 unspecified atom stereocenters. The Morgan fingerprint density at radius 2 is 2.14 bits per heavy atom. The zero-order chi connectivity index (χ0) is 14.7. The van der Waals surface area contributed by atoms with E-state index >= 15 is 0 Å². The van der Waals surface area contributed by atoms with Crippen molar-refractivity contribution in [1.29, 1.82) is 0 Å². The second kappa shape index (κ2) is 6.08. The summed E-state index contributed by atoms with van der Waals surface area (Å²) < 4.78 is 1.62. The number of amides is 1. The lowest BCUT2D eigenvalue weighted by molar-refractivity contribution is 0.0909. The fourth-order valence-corrected chi connectivity index (χ4v) is 2.93. The van der Waals surface area contributed by atoms with Gasteiger partial charge in [0.15, 0.2) is 5.82 Å². The van der Waals surface area contributed by atoms with Gasteiger partial charge in [0.1, 0.15) is 0 Å². The average Bonchev–Trinajstić information content (AvgIpc) is 3.04. The van der Waals surface area contributed by atoms with Gasteiger partial charge in [0, 0.05) is 24.6 Å². The van der Waals surface area contributed by atoms with Gasteiger partial charge in [-0.2, -0.15) is 5.10 Å². The summed E-state index contributed by atoms with van der Waals surface area (Å²) in [6.07, 6.45) is 9.85. The summed E-state index contributed by atoms with van der Waals surface area (Å²) in [5.74, 6) is 1.04. The van der Waals surface area contributed by atoms with Gasteiger partial charge in [0.2, 0.25) is 0 Å². The van der Waals surface area contributed by atoms with E-state index in [0.717, 1.165) is 6.42 Å². The molecule has 1 aliphatic rings. The summed E-state index contributed by atoms with van der Waals surface area (Å²) in [6, 6.07) is 5.66. The summed E-state index contributed by atoms with van der Waals surface area (Å²) in [7, 11) is 0. The summed E-state index contributed by atoms with van der Waals surface area (Å²) in [4.78, 5) is 16.9. The molecule has 0 aliphatic heterocycles. The number of hydrogen-bond donors (Lipinski definition) is 1. The lowest BCUT2D eigenvalue weighted by atomic mass is 9.86. The Hall–Kier alpha value is -2.17. The van der Waals surface area contributed by atoms with E-state index in [1.807, 2.05) is 6.07 Å². The first-order chi connectivity index (χ1) is 10.3. The SMILES string of the molecule is CC1CCCCC1NC(=O)c1cccnc1-n1cccn1. The molecule has 21 heavy (non-hydrogen) atoms. The van der Waals surface area contributed by atoms with Crippen LogP contribution in [0.3, 0.4) is 0 Å². The summed E-state index contributed by atoms with van der Waals surface area (Å²) in [5, 5.41) is 7.33. The third-order valence-corrected chi connectivity index (χ3v) is 4.18. The number of hydrogen-bond acceptors (Lipinski definition) is 3. The molecule has 2 heterocycles. The van der Waals surface area contributed by atoms with E-state index in [4.69, 9.17) is 0 Å². The van der Waals surface area contributed by atoms with Crippen LogP contribution in [0.15, 0.2) is 36.8 Å². The third-order valence-electron chi connectivity index (χ3n) is 4.18. The van der Waals surface area contributed by atoms with E-state index in [1.165, 1.54) is 19.3 Å². The Labute approximate surface area is 124 Å². The van der Waals surface area contributed by atoms with Gasteiger partial charge in [-0.3, -0.25) is 4.79 Å². The molecule has 2 atom stereocenters. The van der Waals surface area contributed by atoms with Crippen molar-refractivity contribution in [1.82, 2.24) is 20.1 Å². The van der Waals surface area contributed by atoms with E-state index in [0.29, 0.717) is 17.3 Å². The van der Waals surface area contributed by atoms with Crippen LogP contribution in [0.5, 0.6) is 0 Å². The summed E-state index contributed by atoms with van der Waals surface area (Å²) in [5.41, 5.74) is 0.568. The van der Waals surface area contributed by atoms with Gasteiger partial charge < -0.3 is 5.32 Å². The van der Waals surface area contributed by atoms with Gasteiger partial charge in [-0.15, -0.1) is 0 Å². The third kappa shape index (κ3) is 2.96. The lowest BCUT2D eigenvalue weighted by Gasteiger charge is -2.29. The molecule has 0 spiro atoms. The fraction of sp³-hybridized carbons (Fsp3) is 0.438. The zero-order valence-electron chi connectivity index (χ0n) is 12.2. The van der Waals surface area contributed by atoms with Crippen molar-refractivity contribution in [3.8, 4) is 5.82 Å². The van der Waals surface area contributed by atoms with Crippen molar-refractivity contribution in [2.45, 2.75) is 38.6 Å². The largest absolute Gasteiger partial charge is 0.349 e. The van der Waals surface area contributed by atoms with Crippen LogP contribution in [0, 0.1) is 5.92 Å². The summed E-state index contributed by atoms with van der Waals surface area (Å²) >= 11 is 0. The van der Waals surface area contributed by atoms with Crippen molar-refractivity contribution in [3.63, 3.8) is 0 Å². The maximum Gasteiger partial charge on any atom is 0.255 e. The van der Waals surface area contributed by atoms with Gasteiger partial charge in [-0.1, -0.05) is 19.8 Å². The van der Waals surface area contributed by atoms with Crippen molar-refractivity contribution in [2.24, 2.45) is 5.92 Å². The van der Waals surface area contributed by atoms with Crippen LogP contribution in [0.4, 0.5) is 0 Å². The second-order valence-electron chi connectivity index (χ2n) is 5.67. The standard InChI is InChI=1S/C16H20N4O/c1-12-6-2-3-8-14(12)19-16(21)13-7-4-9-17-15(13)20-11-5-10-18-20/h4-5,7,9-12,14H,2-3,6,8H2,1H3,(H,19,21). The molecule has 3 rings (SSSR count). The van der Waals surface area contributed by atoms with E-state index in [9.17, 15) is 4.79 Å². The summed E-state index contributed by atoms with van der Waals surface area (Å²) in [6.45, 7) is 2.21. The highest BCUT2D eigenvalue weighted by molar-refractivity contribution is 5.97. The predicted octanol–water partition coefficient (Wildman–Crippen LogP) is 2.58. The van der Waals surface area contributed by atoms with Gasteiger partial charge in [0.25, 0.3) is 5.91 Å². The van der Waals surface area contributed by atoms with E-state index in [2.05, 4.69) is 22.3 Å². The molecule has 1 aliphatic carbocycles. The Kier molecular flexibility index (Phi) is 3.99. The monoisotopic (exact) mass is 284 g/mol. The Morgan fingerprint density at radius 1 is 1.29 bits per heavy atom. The van der Waals surface area contributed by atoms with Crippen LogP contribution in [0.2, 0.25) is 0 Å². The molecule has 0 saturated heterocycles. The minimum absolute atomic E-state index is 0.0626. The molecular weight excluding hydrogens is 264 g/mol. The van der Waals surface area contributed by atoms with E-state index in [-0.39, 0.29) is 11.9 Å². The topological polar surface area (TPSA) is 59.8 Å². The number of aromatic nitrogens is 3. The molecule has 0 radical (unpaired) electrons. The van der Waals surface area contributed by atoms with Crippen molar-refractivity contribution >= 4 is 5.91 Å². The molecule has 1 amide bonds. The number of carbonyl (C=O) groups excluding carboxylic acids is 1. The molecular formula is C16H20N4O. The maximum absolute atomic E-state index is 12.6. The molecule has 1 N–H and O–H groups in total. The average molecular weight is 284 g/mol. The lowest BCUT2D eigenvalue weighted by Crippen LogP contribution is -2.41. The fourth-order valence-electron chi connectivity index (χ4n) is 2.93. The van der Waals surface area contributed by atoms with Gasteiger partial charge in [0.05, 0.1) is 5.56 Å². The first-order valence-electron chi connectivity index (χ1n) is 7.51. The second-order valence-corrected chi connectivity index (χ2v) is 5.67. The molecule has 5 heteroatoms. The van der Waals surface area contributed by atoms with E-state index in [1.54, 1.807) is 35.4 Å². The minimum Gasteiger partial charge on any atom is -0.349 e. The van der Waals surface area contributed by atoms with E-state index < -0.39 is 0 Å². The molecule has 1 fully saturated rings. The number of nitrogens with one attached hydrogen (secondary N) is 1. The highest BCUT2D eigenvalue weighted by Crippen LogP contribution is 2.24. The molecule has 0 bridgehead atoms. The van der Waals surface area contributed by atoms with Crippen LogP contribution in [0.25, 0.3) is 5.82 Å². The number of carbonyl (C=O) groups is 1. The van der Waals surface area contributed by atoms with Crippen LogP contribution in [0.1, 0.15) is 43.0 Å². The molecule has 0 aromatic carbocycles. The molecule has 5 nitrogen and oxygen atoms in total. The first-order valence-corrected chi connectivity index (χ1v) is 7.51. The van der Waals surface area contributed by atoms with Gasteiger partial charge in [-0.05, 0) is 37.0 Å². The Morgan fingerprint density at radius 3 is 2.90 bits per heavy atom. The molecule has 1 saturated carbocycles.